The Morgan fingerprint density at radius 2 is 2.00 bits per heavy atom. The fourth-order valence-electron chi connectivity index (χ4n) is 2.45. The number of hydrogen-bond donors (Lipinski definition) is 1. The summed E-state index contributed by atoms with van der Waals surface area (Å²) in [5.41, 5.74) is 10.2. The van der Waals surface area contributed by atoms with Crippen molar-refractivity contribution in [1.82, 2.24) is 4.57 Å². The molecule has 0 saturated carbocycles. The Morgan fingerprint density at radius 1 is 1.26 bits per heavy atom. The summed E-state index contributed by atoms with van der Waals surface area (Å²) in [5, 5.41) is 0.698. The minimum Gasteiger partial charge on any atom is -0.495 e. The Hall–Kier alpha value is -1.45. The third kappa shape index (κ3) is 2.62. The molecule has 0 aliphatic heterocycles. The van der Waals surface area contributed by atoms with Crippen LogP contribution in [0.3, 0.4) is 0 Å². The van der Waals surface area contributed by atoms with Gasteiger partial charge in [0.05, 0.1) is 12.8 Å². The van der Waals surface area contributed by atoms with E-state index in [1.807, 2.05) is 18.2 Å². The minimum atomic E-state index is 0.650. The molecule has 3 nitrogen and oxygen atoms in total. The van der Waals surface area contributed by atoms with Gasteiger partial charge in [0.15, 0.2) is 0 Å². The van der Waals surface area contributed by atoms with Crippen LogP contribution in [0.4, 0.5) is 0 Å². The number of nitrogens with zero attached hydrogens (tertiary/aromatic N) is 1. The van der Waals surface area contributed by atoms with Gasteiger partial charge in [-0.15, -0.1) is 0 Å². The molecular formula is C15H19ClN2O. The summed E-state index contributed by atoms with van der Waals surface area (Å²) in [4.78, 5) is 0. The second kappa shape index (κ2) is 5.68. The van der Waals surface area contributed by atoms with Gasteiger partial charge in [0.2, 0.25) is 0 Å². The van der Waals surface area contributed by atoms with Crippen molar-refractivity contribution in [3.63, 3.8) is 0 Å². The molecule has 2 N–H and O–H groups in total. The number of nitrogens with two attached hydrogens (primary N) is 1. The van der Waals surface area contributed by atoms with Crippen molar-refractivity contribution >= 4 is 11.6 Å². The first-order valence-electron chi connectivity index (χ1n) is 6.30. The number of halogens is 1. The van der Waals surface area contributed by atoms with Crippen molar-refractivity contribution in [3.8, 4) is 11.4 Å². The summed E-state index contributed by atoms with van der Waals surface area (Å²) >= 11 is 6.11. The van der Waals surface area contributed by atoms with Crippen molar-refractivity contribution in [1.29, 1.82) is 0 Å². The summed E-state index contributed by atoms with van der Waals surface area (Å²) in [6.07, 6.45) is 0.878. The lowest BCUT2D eigenvalue weighted by Crippen LogP contribution is -2.05. The van der Waals surface area contributed by atoms with Gasteiger partial charge in [-0.25, -0.2) is 0 Å². The third-order valence-corrected chi connectivity index (χ3v) is 3.57. The second-order valence-corrected chi connectivity index (χ2v) is 5.02. The molecule has 4 heteroatoms. The number of benzene rings is 1. The molecule has 102 valence electrons. The number of rotatable bonds is 4. The van der Waals surface area contributed by atoms with Crippen LogP contribution in [0.1, 0.15) is 17.0 Å². The molecule has 0 spiro atoms. The molecule has 1 aromatic carbocycles. The number of hydrogen-bond acceptors (Lipinski definition) is 2. The Labute approximate surface area is 118 Å². The predicted molar refractivity (Wildman–Crippen MR) is 79.6 cm³/mol. The van der Waals surface area contributed by atoms with E-state index in [1.165, 1.54) is 11.3 Å². The Morgan fingerprint density at radius 3 is 2.63 bits per heavy atom. The highest BCUT2D eigenvalue weighted by atomic mass is 35.5. The largest absolute Gasteiger partial charge is 0.495 e. The summed E-state index contributed by atoms with van der Waals surface area (Å²) in [7, 11) is 1.67. The van der Waals surface area contributed by atoms with Crippen LogP contribution in [0.5, 0.6) is 5.75 Å². The Kier molecular flexibility index (Phi) is 4.17. The molecule has 2 rings (SSSR count). The number of ether oxygens (including phenoxy) is 1. The molecule has 0 aliphatic rings. The first-order chi connectivity index (χ1) is 9.08. The van der Waals surface area contributed by atoms with Crippen LogP contribution in [0.15, 0.2) is 24.3 Å². The van der Waals surface area contributed by atoms with E-state index in [0.717, 1.165) is 23.6 Å². The molecule has 0 fully saturated rings. The zero-order valence-corrected chi connectivity index (χ0v) is 12.3. The Balaban J connectivity index is 2.61. The number of aryl methyl sites for hydroxylation is 1. The highest BCUT2D eigenvalue weighted by Gasteiger charge is 2.14. The highest BCUT2D eigenvalue weighted by Crippen LogP contribution is 2.30. The molecule has 0 radical (unpaired) electrons. The monoisotopic (exact) mass is 278 g/mol. The van der Waals surface area contributed by atoms with Gasteiger partial charge in [0, 0.05) is 16.4 Å². The zero-order chi connectivity index (χ0) is 14.0. The maximum Gasteiger partial charge on any atom is 0.142 e. The average molecular weight is 279 g/mol. The van der Waals surface area contributed by atoms with E-state index in [0.29, 0.717) is 11.6 Å². The minimum absolute atomic E-state index is 0.650. The molecule has 19 heavy (non-hydrogen) atoms. The lowest BCUT2D eigenvalue weighted by atomic mass is 10.2. The van der Waals surface area contributed by atoms with Gasteiger partial charge < -0.3 is 15.0 Å². The second-order valence-electron chi connectivity index (χ2n) is 4.59. The molecule has 0 saturated heterocycles. The number of aromatic nitrogens is 1. The lowest BCUT2D eigenvalue weighted by Gasteiger charge is -2.14. The van der Waals surface area contributed by atoms with Crippen molar-refractivity contribution in [2.75, 3.05) is 13.7 Å². The topological polar surface area (TPSA) is 40.2 Å². The van der Waals surface area contributed by atoms with Crippen LogP contribution in [0.2, 0.25) is 5.02 Å². The maximum atomic E-state index is 6.11. The van der Waals surface area contributed by atoms with Crippen LogP contribution in [-0.2, 0) is 6.42 Å². The van der Waals surface area contributed by atoms with Crippen LogP contribution in [0, 0.1) is 13.8 Å². The standard InChI is InChI=1S/C15H19ClN2O/c1-10-8-12(6-7-17)11(2)18(10)14-9-13(16)4-5-15(14)19-3/h4-5,8-9H,6-7,17H2,1-3H3. The maximum absolute atomic E-state index is 6.11. The zero-order valence-electron chi connectivity index (χ0n) is 11.5. The van der Waals surface area contributed by atoms with Crippen molar-refractivity contribution < 1.29 is 4.74 Å². The van der Waals surface area contributed by atoms with Crippen LogP contribution < -0.4 is 10.5 Å². The molecule has 0 bridgehead atoms. The first-order valence-corrected chi connectivity index (χ1v) is 6.68. The average Bonchev–Trinajstić information content (AvgIpc) is 2.65. The normalized spacial score (nSPS) is 10.8. The van der Waals surface area contributed by atoms with Crippen LogP contribution in [-0.4, -0.2) is 18.2 Å². The number of methoxy groups -OCH3 is 1. The Bertz CT molecular complexity index is 590. The molecule has 2 aromatic rings. The predicted octanol–water partition coefficient (Wildman–Crippen LogP) is 3.26. The summed E-state index contributed by atoms with van der Waals surface area (Å²) < 4.78 is 7.59. The van der Waals surface area contributed by atoms with Crippen molar-refractivity contribution in [2.24, 2.45) is 5.73 Å². The van der Waals surface area contributed by atoms with Gasteiger partial charge in [-0.3, -0.25) is 0 Å². The van der Waals surface area contributed by atoms with E-state index >= 15 is 0 Å². The molecule has 0 atom stereocenters. The summed E-state index contributed by atoms with van der Waals surface area (Å²) in [6.45, 7) is 4.82. The van der Waals surface area contributed by atoms with Crippen LogP contribution in [0.25, 0.3) is 5.69 Å². The molecule has 1 aromatic heterocycles. The third-order valence-electron chi connectivity index (χ3n) is 3.33. The van der Waals surface area contributed by atoms with Crippen molar-refractivity contribution in [3.05, 3.63) is 46.2 Å². The molecule has 1 heterocycles. The van der Waals surface area contributed by atoms with E-state index in [9.17, 15) is 0 Å². The van der Waals surface area contributed by atoms with E-state index in [4.69, 9.17) is 22.1 Å². The van der Waals surface area contributed by atoms with Gasteiger partial charge in [0.25, 0.3) is 0 Å². The fourth-order valence-corrected chi connectivity index (χ4v) is 2.61. The molecule has 0 amide bonds. The van der Waals surface area contributed by atoms with E-state index in [2.05, 4.69) is 24.5 Å². The summed E-state index contributed by atoms with van der Waals surface area (Å²) in [6, 6.07) is 7.81. The summed E-state index contributed by atoms with van der Waals surface area (Å²) in [5.74, 6) is 0.811. The quantitative estimate of drug-likeness (QED) is 0.932. The van der Waals surface area contributed by atoms with Crippen molar-refractivity contribution in [2.45, 2.75) is 20.3 Å². The fraction of sp³-hybridized carbons (Fsp3) is 0.333. The van der Waals surface area contributed by atoms with E-state index in [1.54, 1.807) is 7.11 Å². The van der Waals surface area contributed by atoms with Gasteiger partial charge in [0.1, 0.15) is 5.75 Å². The lowest BCUT2D eigenvalue weighted by molar-refractivity contribution is 0.412. The van der Waals surface area contributed by atoms with Gasteiger partial charge >= 0.3 is 0 Å². The molecule has 0 unspecified atom stereocenters. The smallest absolute Gasteiger partial charge is 0.142 e. The highest BCUT2D eigenvalue weighted by molar-refractivity contribution is 6.30. The first kappa shape index (κ1) is 14.0. The van der Waals surface area contributed by atoms with Gasteiger partial charge in [-0.05, 0) is 56.6 Å². The van der Waals surface area contributed by atoms with E-state index in [-0.39, 0.29) is 0 Å². The SMILES string of the molecule is COc1ccc(Cl)cc1-n1c(C)cc(CCN)c1C. The molecule has 0 aliphatic carbocycles. The van der Waals surface area contributed by atoms with E-state index < -0.39 is 0 Å². The molecular weight excluding hydrogens is 260 g/mol. The van der Waals surface area contributed by atoms with Gasteiger partial charge in [-0.1, -0.05) is 11.6 Å². The van der Waals surface area contributed by atoms with Gasteiger partial charge in [-0.2, -0.15) is 0 Å². The van der Waals surface area contributed by atoms with Crippen LogP contribution >= 0.6 is 11.6 Å².